The monoisotopic (exact) mass is 601 g/mol. The highest BCUT2D eigenvalue weighted by Crippen LogP contribution is 2.44. The summed E-state index contributed by atoms with van der Waals surface area (Å²) in [7, 11) is -3.07. The summed E-state index contributed by atoms with van der Waals surface area (Å²) >= 11 is 12.1. The van der Waals surface area contributed by atoms with Gasteiger partial charge in [0.25, 0.3) is 5.91 Å². The van der Waals surface area contributed by atoms with Gasteiger partial charge in [0.2, 0.25) is 10.0 Å². The number of esters is 1. The zero-order valence-electron chi connectivity index (χ0n) is 21.6. The van der Waals surface area contributed by atoms with E-state index in [0.717, 1.165) is 11.4 Å². The van der Waals surface area contributed by atoms with Crippen molar-refractivity contribution >= 4 is 56.5 Å². The third-order valence-electron chi connectivity index (χ3n) is 7.13. The number of hydrogen-bond donors (Lipinski definition) is 0. The smallest absolute Gasteiger partial charge is 0.325 e. The highest BCUT2D eigenvalue weighted by Gasteiger charge is 2.62. The fraction of sp³-hybridized carbons (Fsp3) is 0.250. The second-order valence-corrected chi connectivity index (χ2v) is 12.2. The average Bonchev–Trinajstić information content (AvgIpc) is 3.22. The molecule has 1 amide bonds. The summed E-state index contributed by atoms with van der Waals surface area (Å²) in [5, 5.41) is 6.68. The third-order valence-corrected chi connectivity index (χ3v) is 9.59. The van der Waals surface area contributed by atoms with Crippen LogP contribution >= 0.6 is 23.2 Å². The van der Waals surface area contributed by atoms with Gasteiger partial charge in [0.1, 0.15) is 23.8 Å². The minimum absolute atomic E-state index is 0.0558. The maximum Gasteiger partial charge on any atom is 0.325 e. The van der Waals surface area contributed by atoms with Crippen LogP contribution < -0.4 is 9.75 Å². The molecule has 2 aliphatic rings. The van der Waals surface area contributed by atoms with E-state index in [0.29, 0.717) is 32.8 Å². The van der Waals surface area contributed by atoms with Crippen molar-refractivity contribution in [3.63, 3.8) is 0 Å². The zero-order chi connectivity index (χ0) is 28.7. The molecule has 1 saturated heterocycles. The van der Waals surface area contributed by atoms with Crippen LogP contribution in [0.3, 0.4) is 0 Å². The number of fused-ring (bicyclic) bond motifs is 1. The number of halogens is 2. The molecule has 0 bridgehead atoms. The lowest BCUT2D eigenvalue weighted by molar-refractivity contribution is -0.151. The van der Waals surface area contributed by atoms with Gasteiger partial charge in [-0.1, -0.05) is 47.5 Å². The van der Waals surface area contributed by atoms with Crippen LogP contribution in [0.25, 0.3) is 0 Å². The largest absolute Gasteiger partial charge is 0.489 e. The van der Waals surface area contributed by atoms with Gasteiger partial charge in [-0.05, 0) is 55.5 Å². The highest BCUT2D eigenvalue weighted by molar-refractivity contribution is 7.89. The first-order valence-corrected chi connectivity index (χ1v) is 14.5. The van der Waals surface area contributed by atoms with Crippen LogP contribution in [0.5, 0.6) is 5.75 Å². The van der Waals surface area contributed by atoms with E-state index in [1.807, 2.05) is 0 Å². The first kappa shape index (κ1) is 28.1. The summed E-state index contributed by atoms with van der Waals surface area (Å²) in [5.74, 6) is -0.936. The molecular formula is C28H25Cl2N3O6S. The van der Waals surface area contributed by atoms with Crippen LogP contribution in [0.15, 0.2) is 82.8 Å². The molecule has 5 rings (SSSR count). The Morgan fingerprint density at radius 2 is 1.77 bits per heavy atom. The quantitative estimate of drug-likeness (QED) is 0.356. The lowest BCUT2D eigenvalue weighted by atomic mass is 9.74. The van der Waals surface area contributed by atoms with Crippen LogP contribution in [0.1, 0.15) is 18.9 Å². The summed E-state index contributed by atoms with van der Waals surface area (Å²) in [4.78, 5) is 26.8. The number of nitrogens with zero attached hydrogens (tertiary/aromatic N) is 3. The summed E-state index contributed by atoms with van der Waals surface area (Å²) in [6, 6.07) is 18.2. The van der Waals surface area contributed by atoms with Gasteiger partial charge in [-0.15, -0.1) is 0 Å². The van der Waals surface area contributed by atoms with Crippen LogP contribution in [0.4, 0.5) is 5.69 Å². The van der Waals surface area contributed by atoms with E-state index in [4.69, 9.17) is 32.7 Å². The molecule has 3 aromatic rings. The van der Waals surface area contributed by atoms with Crippen molar-refractivity contribution in [2.24, 2.45) is 10.5 Å². The second-order valence-electron chi connectivity index (χ2n) is 9.49. The topological polar surface area (TPSA) is 106 Å². The van der Waals surface area contributed by atoms with E-state index in [9.17, 15) is 18.0 Å². The fourth-order valence-corrected chi connectivity index (χ4v) is 7.06. The summed E-state index contributed by atoms with van der Waals surface area (Å²) < 4.78 is 39.5. The molecule has 3 aromatic carbocycles. The molecule has 0 aliphatic carbocycles. The van der Waals surface area contributed by atoms with E-state index < -0.39 is 33.4 Å². The number of ether oxygens (including phenoxy) is 2. The van der Waals surface area contributed by atoms with Gasteiger partial charge in [-0.3, -0.25) is 9.59 Å². The van der Waals surface area contributed by atoms with Crippen LogP contribution in [0, 0.1) is 5.41 Å². The van der Waals surface area contributed by atoms with Crippen molar-refractivity contribution in [1.29, 1.82) is 0 Å². The van der Waals surface area contributed by atoms with E-state index >= 15 is 0 Å². The van der Waals surface area contributed by atoms with Crippen molar-refractivity contribution in [2.75, 3.05) is 18.7 Å². The molecule has 40 heavy (non-hydrogen) atoms. The summed E-state index contributed by atoms with van der Waals surface area (Å²) in [5.41, 5.74) is 0.111. The zero-order valence-corrected chi connectivity index (χ0v) is 23.9. The molecule has 2 atom stereocenters. The molecule has 0 N–H and O–H groups in total. The molecule has 0 saturated carbocycles. The van der Waals surface area contributed by atoms with Crippen LogP contribution in [-0.4, -0.2) is 50.0 Å². The summed E-state index contributed by atoms with van der Waals surface area (Å²) in [6.07, 6.45) is 0.168. The minimum Gasteiger partial charge on any atom is -0.489 e. The number of sulfonamides is 1. The van der Waals surface area contributed by atoms with Gasteiger partial charge in [0.05, 0.1) is 23.4 Å². The normalized spacial score (nSPS) is 21.1. The van der Waals surface area contributed by atoms with E-state index in [1.54, 1.807) is 55.5 Å². The Bertz CT molecular complexity index is 1600. The molecule has 1 fully saturated rings. The molecule has 2 aliphatic heterocycles. The van der Waals surface area contributed by atoms with Crippen molar-refractivity contribution < 1.29 is 27.5 Å². The number of methoxy groups -OCH3 is 1. The molecule has 2 heterocycles. The highest BCUT2D eigenvalue weighted by atomic mass is 35.5. The maximum atomic E-state index is 13.9. The van der Waals surface area contributed by atoms with Crippen LogP contribution in [-0.2, 0) is 31.0 Å². The lowest BCUT2D eigenvalue weighted by Crippen LogP contribution is -2.63. The van der Waals surface area contributed by atoms with Gasteiger partial charge in [0, 0.05) is 28.6 Å². The molecular weight excluding hydrogens is 577 g/mol. The predicted molar refractivity (Wildman–Crippen MR) is 151 cm³/mol. The number of piperidine rings is 1. The number of carbonyl (C=O) groups excluding carboxylic acids is 2. The standard InChI is InChI=1S/C28H25Cl2N3O6S/c1-28-24(31-33(27(28)35)20-6-4-3-5-7-20)14-15-32(25(28)26(34)38-2)40(36,37)22-12-10-21(11-13-22)39-17-18-8-9-19(29)16-23(18)30/h3-13,16,25H,14-15,17H2,1-2H3/t25-,28-/m0/s1. The van der Waals surface area contributed by atoms with Crippen molar-refractivity contribution in [2.45, 2.75) is 30.9 Å². The number of hydrogen-bond acceptors (Lipinski definition) is 7. The van der Waals surface area contributed by atoms with Crippen molar-refractivity contribution in [3.05, 3.63) is 88.4 Å². The first-order chi connectivity index (χ1) is 19.1. The minimum atomic E-state index is -4.23. The van der Waals surface area contributed by atoms with Crippen molar-refractivity contribution in [3.8, 4) is 5.75 Å². The first-order valence-electron chi connectivity index (χ1n) is 12.3. The molecule has 12 heteroatoms. The van der Waals surface area contributed by atoms with E-state index in [1.165, 1.54) is 29.3 Å². The van der Waals surface area contributed by atoms with Gasteiger partial charge < -0.3 is 9.47 Å². The van der Waals surface area contributed by atoms with Gasteiger partial charge in [-0.25, -0.2) is 8.42 Å². The average molecular weight is 602 g/mol. The Balaban J connectivity index is 1.41. The number of hydrazone groups is 1. The summed E-state index contributed by atoms with van der Waals surface area (Å²) in [6.45, 7) is 1.64. The Morgan fingerprint density at radius 3 is 2.42 bits per heavy atom. The van der Waals surface area contributed by atoms with Gasteiger partial charge >= 0.3 is 5.97 Å². The Morgan fingerprint density at radius 1 is 1.07 bits per heavy atom. The molecule has 9 nitrogen and oxygen atoms in total. The fourth-order valence-electron chi connectivity index (χ4n) is 4.94. The molecule has 208 valence electrons. The molecule has 0 spiro atoms. The molecule has 0 radical (unpaired) electrons. The van der Waals surface area contributed by atoms with Crippen LogP contribution in [0.2, 0.25) is 10.0 Å². The number of anilines is 1. The number of rotatable bonds is 7. The SMILES string of the molecule is COC(=O)[C@@H]1N(S(=O)(=O)c2ccc(OCc3ccc(Cl)cc3Cl)cc2)CCC2=NN(c3ccccc3)C(=O)[C@@]21C. The second kappa shape index (κ2) is 10.9. The predicted octanol–water partition coefficient (Wildman–Crippen LogP) is 4.92. The number of amides is 1. The van der Waals surface area contributed by atoms with Gasteiger partial charge in [0.15, 0.2) is 0 Å². The number of carbonyl (C=O) groups is 2. The Kier molecular flexibility index (Phi) is 7.62. The lowest BCUT2D eigenvalue weighted by Gasteiger charge is -2.42. The molecule has 0 unspecified atom stereocenters. The Labute approximate surface area is 241 Å². The van der Waals surface area contributed by atoms with Crippen molar-refractivity contribution in [1.82, 2.24) is 4.31 Å². The number of benzene rings is 3. The number of para-hydroxylation sites is 1. The third kappa shape index (κ3) is 4.85. The molecule has 0 aromatic heterocycles. The van der Waals surface area contributed by atoms with Gasteiger partial charge in [-0.2, -0.15) is 14.4 Å². The maximum absolute atomic E-state index is 13.9. The van der Waals surface area contributed by atoms with E-state index in [2.05, 4.69) is 5.10 Å². The van der Waals surface area contributed by atoms with E-state index in [-0.39, 0.29) is 24.5 Å². The Hall–Kier alpha value is -3.44.